The van der Waals surface area contributed by atoms with E-state index in [1.807, 2.05) is 0 Å². The van der Waals surface area contributed by atoms with Gasteiger partial charge in [0.1, 0.15) is 17.5 Å². The lowest BCUT2D eigenvalue weighted by molar-refractivity contribution is 0.709. The minimum absolute atomic E-state index is 0.497. The standard InChI is InChI=1S/C11H15N6/c1-2-17-10-8(9(12)13-7-14-10)11(15-17)16-5-3-4-6-16/h7H,1-6H2,(H2,12,13,14). The van der Waals surface area contributed by atoms with E-state index in [0.717, 1.165) is 29.9 Å². The second-order valence-electron chi connectivity index (χ2n) is 4.20. The molecule has 2 aromatic heterocycles. The molecule has 1 fully saturated rings. The third kappa shape index (κ3) is 1.51. The van der Waals surface area contributed by atoms with E-state index in [-0.39, 0.29) is 0 Å². The fourth-order valence-electron chi connectivity index (χ4n) is 2.32. The lowest BCUT2D eigenvalue weighted by atomic mass is 10.3. The van der Waals surface area contributed by atoms with Gasteiger partial charge in [-0.25, -0.2) is 14.6 Å². The number of hydrogen-bond acceptors (Lipinski definition) is 5. The summed E-state index contributed by atoms with van der Waals surface area (Å²) < 4.78 is 1.78. The Hall–Kier alpha value is -1.85. The lowest BCUT2D eigenvalue weighted by Crippen LogP contribution is -2.19. The van der Waals surface area contributed by atoms with Crippen LogP contribution in [-0.2, 0) is 6.54 Å². The van der Waals surface area contributed by atoms with Crippen molar-refractivity contribution < 1.29 is 0 Å². The molecule has 0 aliphatic carbocycles. The van der Waals surface area contributed by atoms with Crippen LogP contribution in [0.5, 0.6) is 0 Å². The highest BCUT2D eigenvalue weighted by Crippen LogP contribution is 2.30. The number of fused-ring (bicyclic) bond motifs is 1. The molecule has 0 atom stereocenters. The van der Waals surface area contributed by atoms with Crippen LogP contribution in [-0.4, -0.2) is 32.8 Å². The van der Waals surface area contributed by atoms with Gasteiger partial charge in [-0.3, -0.25) is 0 Å². The summed E-state index contributed by atoms with van der Waals surface area (Å²) in [7, 11) is 0. The molecular weight excluding hydrogens is 216 g/mol. The van der Waals surface area contributed by atoms with E-state index in [4.69, 9.17) is 5.73 Å². The topological polar surface area (TPSA) is 72.9 Å². The third-order valence-electron chi connectivity index (χ3n) is 3.16. The van der Waals surface area contributed by atoms with Crippen molar-refractivity contribution in [1.29, 1.82) is 0 Å². The molecule has 0 amide bonds. The van der Waals surface area contributed by atoms with E-state index in [1.165, 1.54) is 19.2 Å². The predicted octanol–water partition coefficient (Wildman–Crippen LogP) is 0.843. The van der Waals surface area contributed by atoms with Crippen molar-refractivity contribution in [1.82, 2.24) is 19.7 Å². The summed E-state index contributed by atoms with van der Waals surface area (Å²) in [6.07, 6.45) is 3.87. The molecule has 0 saturated carbocycles. The van der Waals surface area contributed by atoms with Gasteiger partial charge >= 0.3 is 0 Å². The van der Waals surface area contributed by atoms with Crippen LogP contribution < -0.4 is 10.6 Å². The van der Waals surface area contributed by atoms with E-state index in [2.05, 4.69) is 26.9 Å². The molecule has 17 heavy (non-hydrogen) atoms. The van der Waals surface area contributed by atoms with Crippen LogP contribution >= 0.6 is 0 Å². The number of aromatic nitrogens is 4. The van der Waals surface area contributed by atoms with E-state index in [0.29, 0.717) is 12.4 Å². The fourth-order valence-corrected chi connectivity index (χ4v) is 2.32. The average Bonchev–Trinajstić information content (AvgIpc) is 2.95. The molecule has 1 radical (unpaired) electrons. The van der Waals surface area contributed by atoms with Gasteiger partial charge in [-0.05, 0) is 19.8 Å². The number of rotatable bonds is 2. The van der Waals surface area contributed by atoms with E-state index < -0.39 is 0 Å². The molecule has 3 rings (SSSR count). The van der Waals surface area contributed by atoms with Crippen molar-refractivity contribution in [3.05, 3.63) is 13.3 Å². The highest BCUT2D eigenvalue weighted by Gasteiger charge is 2.22. The average molecular weight is 231 g/mol. The monoisotopic (exact) mass is 231 g/mol. The smallest absolute Gasteiger partial charge is 0.165 e. The first kappa shape index (κ1) is 10.3. The van der Waals surface area contributed by atoms with Crippen molar-refractivity contribution in [3.8, 4) is 0 Å². The third-order valence-corrected chi connectivity index (χ3v) is 3.16. The second-order valence-corrected chi connectivity index (χ2v) is 4.20. The maximum absolute atomic E-state index is 5.94. The van der Waals surface area contributed by atoms with Crippen molar-refractivity contribution in [2.45, 2.75) is 19.4 Å². The highest BCUT2D eigenvalue weighted by molar-refractivity contribution is 5.96. The maximum Gasteiger partial charge on any atom is 0.165 e. The Labute approximate surface area is 99.4 Å². The van der Waals surface area contributed by atoms with Gasteiger partial charge in [0.05, 0.1) is 0 Å². The zero-order valence-corrected chi connectivity index (χ0v) is 9.63. The van der Waals surface area contributed by atoms with Gasteiger partial charge in [0.15, 0.2) is 11.5 Å². The van der Waals surface area contributed by atoms with Crippen molar-refractivity contribution >= 4 is 22.7 Å². The quantitative estimate of drug-likeness (QED) is 0.829. The first-order valence-electron chi connectivity index (χ1n) is 5.82. The van der Waals surface area contributed by atoms with Crippen molar-refractivity contribution in [2.75, 3.05) is 23.7 Å². The molecule has 2 aromatic rings. The van der Waals surface area contributed by atoms with Gasteiger partial charge < -0.3 is 10.6 Å². The van der Waals surface area contributed by atoms with Crippen LogP contribution in [0, 0.1) is 6.92 Å². The minimum Gasteiger partial charge on any atom is -0.383 e. The molecule has 6 heteroatoms. The van der Waals surface area contributed by atoms with Crippen LogP contribution in [0.25, 0.3) is 11.0 Å². The molecule has 0 spiro atoms. The molecule has 2 N–H and O–H groups in total. The van der Waals surface area contributed by atoms with Crippen LogP contribution in [0.3, 0.4) is 0 Å². The fraction of sp³-hybridized carbons (Fsp3) is 0.455. The van der Waals surface area contributed by atoms with Gasteiger partial charge in [0.25, 0.3) is 0 Å². The van der Waals surface area contributed by atoms with Gasteiger partial charge in [-0.1, -0.05) is 0 Å². The molecule has 0 unspecified atom stereocenters. The molecule has 1 saturated heterocycles. The van der Waals surface area contributed by atoms with Crippen LogP contribution in [0.15, 0.2) is 6.33 Å². The molecule has 3 heterocycles. The molecule has 1 aliphatic heterocycles. The molecule has 1 aliphatic rings. The number of nitrogens with zero attached hydrogens (tertiary/aromatic N) is 5. The van der Waals surface area contributed by atoms with E-state index in [1.54, 1.807) is 4.68 Å². The number of nitrogens with two attached hydrogens (primary N) is 1. The summed E-state index contributed by atoms with van der Waals surface area (Å²) in [4.78, 5) is 10.5. The normalized spacial score (nSPS) is 15.9. The van der Waals surface area contributed by atoms with Crippen LogP contribution in [0.2, 0.25) is 0 Å². The number of hydrogen-bond donors (Lipinski definition) is 1. The molecule has 0 bridgehead atoms. The second kappa shape index (κ2) is 3.87. The zero-order valence-electron chi connectivity index (χ0n) is 9.63. The van der Waals surface area contributed by atoms with Gasteiger partial charge in [-0.15, -0.1) is 0 Å². The summed E-state index contributed by atoms with van der Waals surface area (Å²) in [6.45, 7) is 6.45. The lowest BCUT2D eigenvalue weighted by Gasteiger charge is -2.14. The van der Waals surface area contributed by atoms with Crippen molar-refractivity contribution in [2.24, 2.45) is 0 Å². The highest BCUT2D eigenvalue weighted by atomic mass is 15.4. The first-order chi connectivity index (χ1) is 8.31. The molecule has 6 nitrogen and oxygen atoms in total. The Kier molecular flexibility index (Phi) is 2.35. The zero-order chi connectivity index (χ0) is 11.8. The maximum atomic E-state index is 5.94. The summed E-state index contributed by atoms with van der Waals surface area (Å²) in [6, 6.07) is 0. The van der Waals surface area contributed by atoms with E-state index >= 15 is 0 Å². The minimum atomic E-state index is 0.497. The molecule has 89 valence electrons. The Morgan fingerprint density at radius 1 is 1.29 bits per heavy atom. The Balaban J connectivity index is 2.22. The Bertz CT molecular complexity index is 540. The number of nitrogen functional groups attached to an aromatic ring is 1. The van der Waals surface area contributed by atoms with Gasteiger partial charge in [0.2, 0.25) is 0 Å². The van der Waals surface area contributed by atoms with Crippen molar-refractivity contribution in [3.63, 3.8) is 0 Å². The summed E-state index contributed by atoms with van der Waals surface area (Å²) in [5.41, 5.74) is 6.71. The SMILES string of the molecule is [CH2]Cn1nc(N2CCCC2)c2c(N)ncnc21. The predicted molar refractivity (Wildman–Crippen MR) is 66.5 cm³/mol. The number of anilines is 2. The van der Waals surface area contributed by atoms with Gasteiger partial charge in [-0.2, -0.15) is 5.10 Å². The Morgan fingerprint density at radius 3 is 2.76 bits per heavy atom. The summed E-state index contributed by atoms with van der Waals surface area (Å²) in [5, 5.41) is 5.41. The Morgan fingerprint density at radius 2 is 2.06 bits per heavy atom. The van der Waals surface area contributed by atoms with Gasteiger partial charge in [0, 0.05) is 19.6 Å². The molecular formula is C11H15N6. The summed E-state index contributed by atoms with van der Waals surface area (Å²) >= 11 is 0. The molecule has 0 aromatic carbocycles. The van der Waals surface area contributed by atoms with E-state index in [9.17, 15) is 0 Å². The largest absolute Gasteiger partial charge is 0.383 e. The summed E-state index contributed by atoms with van der Waals surface area (Å²) in [5.74, 6) is 1.40. The van der Waals surface area contributed by atoms with Crippen LogP contribution in [0.4, 0.5) is 11.6 Å². The first-order valence-corrected chi connectivity index (χ1v) is 5.82. The van der Waals surface area contributed by atoms with Crippen LogP contribution in [0.1, 0.15) is 12.8 Å².